The molecule has 0 aliphatic carbocycles. The highest BCUT2D eigenvalue weighted by Crippen LogP contribution is 2.25. The summed E-state index contributed by atoms with van der Waals surface area (Å²) in [5, 5.41) is 5.56. The molecule has 1 aliphatic heterocycles. The van der Waals surface area contributed by atoms with Crippen molar-refractivity contribution < 1.29 is 4.79 Å². The van der Waals surface area contributed by atoms with E-state index in [1.165, 1.54) is 0 Å². The molecule has 0 radical (unpaired) electrons. The molecule has 0 amide bonds. The molecule has 2 aromatic carbocycles. The van der Waals surface area contributed by atoms with Gasteiger partial charge in [0.05, 0.1) is 0 Å². The Morgan fingerprint density at radius 3 is 2.72 bits per heavy atom. The number of hydrogen-bond donors (Lipinski definition) is 1. The van der Waals surface area contributed by atoms with Crippen LogP contribution in [0.25, 0.3) is 10.8 Å². The van der Waals surface area contributed by atoms with Gasteiger partial charge in [-0.25, -0.2) is 0 Å². The Hall–Kier alpha value is -1.67. The molecule has 0 aromatic heterocycles. The number of ketones is 1. The van der Waals surface area contributed by atoms with Gasteiger partial charge in [0, 0.05) is 17.5 Å². The van der Waals surface area contributed by atoms with Gasteiger partial charge < -0.3 is 5.32 Å². The Labute approximate surface area is 107 Å². The fraction of sp³-hybridized carbons (Fsp3) is 0.312. The lowest BCUT2D eigenvalue weighted by atomic mass is 9.89. The smallest absolute Gasteiger partial charge is 0.168 e. The van der Waals surface area contributed by atoms with Gasteiger partial charge in [0.2, 0.25) is 0 Å². The molecule has 2 heteroatoms. The van der Waals surface area contributed by atoms with Crippen LogP contribution in [-0.2, 0) is 0 Å². The standard InChI is InChI=1S/C16H17NO/c1-11-13(9-10-17-11)16(18)15-8-4-6-12-5-2-3-7-14(12)15/h2-8,11,13,17H,9-10H2,1H3. The Balaban J connectivity index is 2.06. The maximum Gasteiger partial charge on any atom is 0.168 e. The summed E-state index contributed by atoms with van der Waals surface area (Å²) in [6.07, 6.45) is 0.948. The van der Waals surface area contributed by atoms with Crippen molar-refractivity contribution in [2.75, 3.05) is 6.54 Å². The minimum absolute atomic E-state index is 0.121. The van der Waals surface area contributed by atoms with Crippen molar-refractivity contribution in [2.24, 2.45) is 5.92 Å². The molecule has 2 unspecified atom stereocenters. The van der Waals surface area contributed by atoms with E-state index in [9.17, 15) is 4.79 Å². The number of nitrogens with one attached hydrogen (secondary N) is 1. The third-order valence-corrected chi connectivity index (χ3v) is 3.92. The Morgan fingerprint density at radius 1 is 1.17 bits per heavy atom. The number of benzene rings is 2. The highest BCUT2D eigenvalue weighted by Gasteiger charge is 2.30. The summed E-state index contributed by atoms with van der Waals surface area (Å²) in [4.78, 5) is 12.6. The summed E-state index contributed by atoms with van der Waals surface area (Å²) in [6.45, 7) is 3.04. The van der Waals surface area contributed by atoms with Crippen LogP contribution in [0.2, 0.25) is 0 Å². The van der Waals surface area contributed by atoms with Gasteiger partial charge in [-0.3, -0.25) is 4.79 Å². The van der Waals surface area contributed by atoms with E-state index in [2.05, 4.69) is 24.4 Å². The van der Waals surface area contributed by atoms with E-state index in [-0.39, 0.29) is 17.7 Å². The molecule has 1 heterocycles. The molecule has 1 N–H and O–H groups in total. The van der Waals surface area contributed by atoms with Gasteiger partial charge in [-0.05, 0) is 30.7 Å². The molecule has 18 heavy (non-hydrogen) atoms. The average molecular weight is 239 g/mol. The minimum atomic E-state index is 0.121. The molecule has 0 saturated carbocycles. The van der Waals surface area contributed by atoms with Crippen LogP contribution >= 0.6 is 0 Å². The monoisotopic (exact) mass is 239 g/mol. The van der Waals surface area contributed by atoms with Crippen LogP contribution in [0.3, 0.4) is 0 Å². The number of rotatable bonds is 2. The maximum atomic E-state index is 12.6. The van der Waals surface area contributed by atoms with Crippen molar-refractivity contribution in [3.63, 3.8) is 0 Å². The first kappa shape index (κ1) is 11.4. The Bertz CT molecular complexity index is 585. The van der Waals surface area contributed by atoms with Gasteiger partial charge in [0.15, 0.2) is 5.78 Å². The molecule has 2 atom stereocenters. The molecular weight excluding hydrogens is 222 g/mol. The topological polar surface area (TPSA) is 29.1 Å². The first-order valence-corrected chi connectivity index (χ1v) is 6.53. The van der Waals surface area contributed by atoms with Crippen molar-refractivity contribution in [3.8, 4) is 0 Å². The second-order valence-electron chi connectivity index (χ2n) is 5.03. The van der Waals surface area contributed by atoms with Crippen molar-refractivity contribution in [2.45, 2.75) is 19.4 Å². The molecule has 2 nitrogen and oxygen atoms in total. The predicted molar refractivity (Wildman–Crippen MR) is 73.9 cm³/mol. The number of carbonyl (C=O) groups excluding carboxylic acids is 1. The lowest BCUT2D eigenvalue weighted by Gasteiger charge is -2.15. The van der Waals surface area contributed by atoms with Gasteiger partial charge in [0.1, 0.15) is 0 Å². The molecule has 2 aromatic rings. The van der Waals surface area contributed by atoms with E-state index in [0.29, 0.717) is 0 Å². The molecule has 0 bridgehead atoms. The number of hydrogen-bond acceptors (Lipinski definition) is 2. The largest absolute Gasteiger partial charge is 0.313 e. The Kier molecular flexibility index (Phi) is 2.88. The normalized spacial score (nSPS) is 23.4. The average Bonchev–Trinajstić information content (AvgIpc) is 2.83. The van der Waals surface area contributed by atoms with Crippen LogP contribution in [0.5, 0.6) is 0 Å². The summed E-state index contributed by atoms with van der Waals surface area (Å²) in [6, 6.07) is 14.4. The van der Waals surface area contributed by atoms with E-state index in [4.69, 9.17) is 0 Å². The van der Waals surface area contributed by atoms with Crippen molar-refractivity contribution >= 4 is 16.6 Å². The van der Waals surface area contributed by atoms with Gasteiger partial charge in [-0.15, -0.1) is 0 Å². The lowest BCUT2D eigenvalue weighted by molar-refractivity contribution is 0.0916. The van der Waals surface area contributed by atoms with Crippen molar-refractivity contribution in [1.82, 2.24) is 5.32 Å². The summed E-state index contributed by atoms with van der Waals surface area (Å²) >= 11 is 0. The summed E-state index contributed by atoms with van der Waals surface area (Å²) < 4.78 is 0. The zero-order chi connectivity index (χ0) is 12.5. The fourth-order valence-corrected chi connectivity index (χ4v) is 2.86. The van der Waals surface area contributed by atoms with Crippen LogP contribution < -0.4 is 5.32 Å². The molecule has 3 rings (SSSR count). The van der Waals surface area contributed by atoms with Gasteiger partial charge in [0.25, 0.3) is 0 Å². The summed E-state index contributed by atoms with van der Waals surface area (Å²) in [5.74, 6) is 0.403. The first-order chi connectivity index (χ1) is 8.77. The number of fused-ring (bicyclic) bond motifs is 1. The van der Waals surface area contributed by atoms with Gasteiger partial charge in [-0.2, -0.15) is 0 Å². The third-order valence-electron chi connectivity index (χ3n) is 3.92. The minimum Gasteiger partial charge on any atom is -0.313 e. The highest BCUT2D eigenvalue weighted by molar-refractivity contribution is 6.09. The van der Waals surface area contributed by atoms with E-state index >= 15 is 0 Å². The molecule has 0 spiro atoms. The quantitative estimate of drug-likeness (QED) is 0.816. The van der Waals surface area contributed by atoms with Gasteiger partial charge >= 0.3 is 0 Å². The van der Waals surface area contributed by atoms with E-state index in [0.717, 1.165) is 29.3 Å². The summed E-state index contributed by atoms with van der Waals surface area (Å²) in [7, 11) is 0. The number of carbonyl (C=O) groups is 1. The molecular formula is C16H17NO. The second kappa shape index (κ2) is 4.54. The molecule has 92 valence electrons. The van der Waals surface area contributed by atoms with Gasteiger partial charge in [-0.1, -0.05) is 42.5 Å². The lowest BCUT2D eigenvalue weighted by Crippen LogP contribution is -2.28. The van der Waals surface area contributed by atoms with Crippen LogP contribution in [0.4, 0.5) is 0 Å². The van der Waals surface area contributed by atoms with E-state index in [1.807, 2.05) is 30.3 Å². The van der Waals surface area contributed by atoms with Crippen LogP contribution in [0.1, 0.15) is 23.7 Å². The van der Waals surface area contributed by atoms with Crippen LogP contribution in [0, 0.1) is 5.92 Å². The summed E-state index contributed by atoms with van der Waals surface area (Å²) in [5.41, 5.74) is 0.869. The second-order valence-corrected chi connectivity index (χ2v) is 5.03. The van der Waals surface area contributed by atoms with E-state index < -0.39 is 0 Å². The van der Waals surface area contributed by atoms with Crippen LogP contribution in [-0.4, -0.2) is 18.4 Å². The highest BCUT2D eigenvalue weighted by atomic mass is 16.1. The predicted octanol–water partition coefficient (Wildman–Crippen LogP) is 3.02. The fourth-order valence-electron chi connectivity index (χ4n) is 2.86. The SMILES string of the molecule is CC1NCCC1C(=O)c1cccc2ccccc12. The number of Topliss-reactive ketones (excluding diaryl/α,β-unsaturated/α-hetero) is 1. The first-order valence-electron chi connectivity index (χ1n) is 6.53. The maximum absolute atomic E-state index is 12.6. The Morgan fingerprint density at radius 2 is 1.94 bits per heavy atom. The zero-order valence-electron chi connectivity index (χ0n) is 10.5. The van der Waals surface area contributed by atoms with Crippen molar-refractivity contribution in [3.05, 3.63) is 48.0 Å². The molecule has 1 fully saturated rings. The third kappa shape index (κ3) is 1.83. The molecule has 1 saturated heterocycles. The van der Waals surface area contributed by atoms with E-state index in [1.54, 1.807) is 0 Å². The molecule has 1 aliphatic rings. The zero-order valence-corrected chi connectivity index (χ0v) is 10.5. The van der Waals surface area contributed by atoms with Crippen LogP contribution in [0.15, 0.2) is 42.5 Å². The van der Waals surface area contributed by atoms with Crippen molar-refractivity contribution in [1.29, 1.82) is 0 Å².